The van der Waals surface area contributed by atoms with E-state index in [1.807, 2.05) is 24.3 Å². The second-order valence-corrected chi connectivity index (χ2v) is 8.43. The normalized spacial score (nSPS) is 11.9. The van der Waals surface area contributed by atoms with Gasteiger partial charge in [-0.3, -0.25) is 4.79 Å². The SMILES string of the molecule is CCN(CC)c1ccc(/C=C/C(=O)c2cccc(S(=O)(=O)N(C)C)c2)cc1. The zero-order chi connectivity index (χ0) is 20.0. The lowest BCUT2D eigenvalue weighted by Crippen LogP contribution is -2.22. The van der Waals surface area contributed by atoms with Crippen LogP contribution in [-0.4, -0.2) is 45.7 Å². The Balaban J connectivity index is 2.18. The van der Waals surface area contributed by atoms with Gasteiger partial charge in [-0.25, -0.2) is 12.7 Å². The Morgan fingerprint density at radius 3 is 2.19 bits per heavy atom. The molecular weight excluding hydrogens is 360 g/mol. The van der Waals surface area contributed by atoms with Crippen molar-refractivity contribution in [2.24, 2.45) is 0 Å². The maximum Gasteiger partial charge on any atom is 0.242 e. The fraction of sp³-hybridized carbons (Fsp3) is 0.286. The number of hydrogen-bond acceptors (Lipinski definition) is 4. The number of nitrogens with zero attached hydrogens (tertiary/aromatic N) is 2. The largest absolute Gasteiger partial charge is 0.372 e. The van der Waals surface area contributed by atoms with Crippen molar-refractivity contribution in [3.05, 3.63) is 65.7 Å². The van der Waals surface area contributed by atoms with Crippen LogP contribution in [0.2, 0.25) is 0 Å². The van der Waals surface area contributed by atoms with Gasteiger partial charge in [0.2, 0.25) is 10.0 Å². The van der Waals surface area contributed by atoms with Gasteiger partial charge < -0.3 is 4.90 Å². The highest BCUT2D eigenvalue weighted by atomic mass is 32.2. The van der Waals surface area contributed by atoms with Gasteiger partial charge in [0.25, 0.3) is 0 Å². The topological polar surface area (TPSA) is 57.7 Å². The van der Waals surface area contributed by atoms with Crippen molar-refractivity contribution in [1.29, 1.82) is 0 Å². The van der Waals surface area contributed by atoms with E-state index < -0.39 is 10.0 Å². The van der Waals surface area contributed by atoms with Gasteiger partial charge in [0.1, 0.15) is 0 Å². The monoisotopic (exact) mass is 386 g/mol. The van der Waals surface area contributed by atoms with Crippen LogP contribution in [0.25, 0.3) is 6.08 Å². The molecule has 0 fully saturated rings. The van der Waals surface area contributed by atoms with Crippen LogP contribution < -0.4 is 4.90 Å². The molecule has 0 saturated heterocycles. The number of hydrogen-bond donors (Lipinski definition) is 0. The Hall–Kier alpha value is -2.44. The summed E-state index contributed by atoms with van der Waals surface area (Å²) in [5, 5.41) is 0. The molecule has 0 heterocycles. The molecule has 2 rings (SSSR count). The lowest BCUT2D eigenvalue weighted by molar-refractivity contribution is 0.104. The molecule has 0 radical (unpaired) electrons. The van der Waals surface area contributed by atoms with E-state index in [1.165, 1.54) is 32.3 Å². The molecule has 0 spiro atoms. The summed E-state index contributed by atoms with van der Waals surface area (Å²) in [7, 11) is -0.638. The van der Waals surface area contributed by atoms with Gasteiger partial charge in [-0.2, -0.15) is 0 Å². The molecule has 0 aliphatic rings. The molecule has 2 aromatic carbocycles. The van der Waals surface area contributed by atoms with Crippen LogP contribution >= 0.6 is 0 Å². The Morgan fingerprint density at radius 1 is 1.00 bits per heavy atom. The van der Waals surface area contributed by atoms with Crippen LogP contribution in [-0.2, 0) is 10.0 Å². The number of ketones is 1. The van der Waals surface area contributed by atoms with Gasteiger partial charge >= 0.3 is 0 Å². The summed E-state index contributed by atoms with van der Waals surface area (Å²) in [5.41, 5.74) is 2.40. The van der Waals surface area contributed by atoms with Crippen molar-refractivity contribution >= 4 is 27.6 Å². The molecule has 0 aromatic heterocycles. The summed E-state index contributed by atoms with van der Waals surface area (Å²) in [6, 6.07) is 14.1. The summed E-state index contributed by atoms with van der Waals surface area (Å²) in [6.45, 7) is 6.11. The summed E-state index contributed by atoms with van der Waals surface area (Å²) in [6.07, 6.45) is 3.20. The fourth-order valence-corrected chi connectivity index (χ4v) is 3.62. The van der Waals surface area contributed by atoms with Gasteiger partial charge in [0.05, 0.1) is 4.90 Å². The van der Waals surface area contributed by atoms with Crippen molar-refractivity contribution in [2.45, 2.75) is 18.7 Å². The van der Waals surface area contributed by atoms with E-state index in [0.29, 0.717) is 5.56 Å². The average molecular weight is 387 g/mol. The number of anilines is 1. The first-order valence-electron chi connectivity index (χ1n) is 8.89. The molecular formula is C21H26N2O3S. The number of allylic oxidation sites excluding steroid dienone is 1. The highest BCUT2D eigenvalue weighted by Gasteiger charge is 2.18. The second kappa shape index (κ2) is 8.97. The number of benzene rings is 2. The molecule has 27 heavy (non-hydrogen) atoms. The lowest BCUT2D eigenvalue weighted by atomic mass is 10.1. The maximum absolute atomic E-state index is 12.4. The number of carbonyl (C=O) groups is 1. The fourth-order valence-electron chi connectivity index (χ4n) is 2.67. The number of rotatable bonds is 8. The number of sulfonamides is 1. The van der Waals surface area contributed by atoms with E-state index in [0.717, 1.165) is 28.6 Å². The van der Waals surface area contributed by atoms with Gasteiger partial charge in [-0.05, 0) is 49.8 Å². The Labute approximate surface area is 162 Å². The average Bonchev–Trinajstić information content (AvgIpc) is 2.68. The van der Waals surface area contributed by atoms with Crippen molar-refractivity contribution in [3.8, 4) is 0 Å². The highest BCUT2D eigenvalue weighted by Crippen LogP contribution is 2.17. The molecule has 0 bridgehead atoms. The summed E-state index contributed by atoms with van der Waals surface area (Å²) < 4.78 is 25.6. The zero-order valence-corrected chi connectivity index (χ0v) is 17.0. The zero-order valence-electron chi connectivity index (χ0n) is 16.2. The number of carbonyl (C=O) groups excluding carboxylic acids is 1. The van der Waals surface area contributed by atoms with Crippen molar-refractivity contribution in [3.63, 3.8) is 0 Å². The van der Waals surface area contributed by atoms with Crippen molar-refractivity contribution < 1.29 is 13.2 Å². The smallest absolute Gasteiger partial charge is 0.242 e. The molecule has 0 aliphatic carbocycles. The molecule has 5 nitrogen and oxygen atoms in total. The predicted molar refractivity (Wildman–Crippen MR) is 111 cm³/mol. The van der Waals surface area contributed by atoms with Gasteiger partial charge in [-0.1, -0.05) is 30.3 Å². The van der Waals surface area contributed by atoms with Crippen LogP contribution in [0.15, 0.2) is 59.5 Å². The van der Waals surface area contributed by atoms with E-state index >= 15 is 0 Å². The molecule has 0 aliphatic heterocycles. The van der Waals surface area contributed by atoms with Crippen molar-refractivity contribution in [1.82, 2.24) is 4.31 Å². The third kappa shape index (κ3) is 5.05. The second-order valence-electron chi connectivity index (χ2n) is 6.28. The first-order chi connectivity index (χ1) is 12.8. The van der Waals surface area contributed by atoms with E-state index in [-0.39, 0.29) is 10.7 Å². The van der Waals surface area contributed by atoms with E-state index in [1.54, 1.807) is 18.2 Å². The Bertz CT molecular complexity index is 913. The van der Waals surface area contributed by atoms with Gasteiger partial charge in [-0.15, -0.1) is 0 Å². The molecule has 0 atom stereocenters. The Morgan fingerprint density at radius 2 is 1.63 bits per heavy atom. The lowest BCUT2D eigenvalue weighted by Gasteiger charge is -2.20. The molecule has 0 N–H and O–H groups in total. The molecule has 6 heteroatoms. The minimum absolute atomic E-state index is 0.107. The highest BCUT2D eigenvalue weighted by molar-refractivity contribution is 7.89. The first-order valence-corrected chi connectivity index (χ1v) is 10.3. The van der Waals surface area contributed by atoms with Gasteiger partial charge in [0, 0.05) is 38.4 Å². The van der Waals surface area contributed by atoms with Crippen LogP contribution in [0.3, 0.4) is 0 Å². The molecule has 0 amide bonds. The molecule has 144 valence electrons. The quantitative estimate of drug-likeness (QED) is 0.513. The minimum atomic E-state index is -3.57. The third-order valence-electron chi connectivity index (χ3n) is 4.35. The Kier molecular flexibility index (Phi) is 6.93. The third-order valence-corrected chi connectivity index (χ3v) is 6.16. The van der Waals surface area contributed by atoms with E-state index in [9.17, 15) is 13.2 Å². The molecule has 2 aromatic rings. The van der Waals surface area contributed by atoms with Crippen LogP contribution in [0.4, 0.5) is 5.69 Å². The van der Waals surface area contributed by atoms with Crippen LogP contribution in [0, 0.1) is 0 Å². The van der Waals surface area contributed by atoms with E-state index in [4.69, 9.17) is 0 Å². The van der Waals surface area contributed by atoms with Crippen molar-refractivity contribution in [2.75, 3.05) is 32.1 Å². The standard InChI is InChI=1S/C21H26N2O3S/c1-5-23(6-2)19-13-10-17(11-14-19)12-15-21(24)18-8-7-9-20(16-18)27(25,26)22(3)4/h7-16H,5-6H2,1-4H3/b15-12+. The molecule has 0 saturated carbocycles. The maximum atomic E-state index is 12.4. The first kappa shape index (κ1) is 20.9. The van der Waals surface area contributed by atoms with Crippen LogP contribution in [0.1, 0.15) is 29.8 Å². The van der Waals surface area contributed by atoms with Gasteiger partial charge in [0.15, 0.2) is 5.78 Å². The minimum Gasteiger partial charge on any atom is -0.372 e. The molecule has 0 unspecified atom stereocenters. The predicted octanol–water partition coefficient (Wildman–Crippen LogP) is 3.68. The summed E-state index contributed by atoms with van der Waals surface area (Å²) >= 11 is 0. The summed E-state index contributed by atoms with van der Waals surface area (Å²) in [5.74, 6) is -0.237. The van der Waals surface area contributed by atoms with E-state index in [2.05, 4.69) is 18.7 Å². The summed E-state index contributed by atoms with van der Waals surface area (Å²) in [4.78, 5) is 14.8. The van der Waals surface area contributed by atoms with Crippen LogP contribution in [0.5, 0.6) is 0 Å².